The molecule has 0 unspecified atom stereocenters. The van der Waals surface area contributed by atoms with Crippen molar-refractivity contribution in [2.45, 2.75) is 13.5 Å². The second-order valence-corrected chi connectivity index (χ2v) is 9.96. The van der Waals surface area contributed by atoms with Crippen molar-refractivity contribution in [3.05, 3.63) is 71.0 Å². The van der Waals surface area contributed by atoms with E-state index in [4.69, 9.17) is 18.6 Å². The van der Waals surface area contributed by atoms with Crippen LogP contribution in [-0.4, -0.2) is 55.1 Å². The van der Waals surface area contributed by atoms with Gasteiger partial charge in [-0.2, -0.15) is 5.26 Å². The molecule has 0 saturated carbocycles. The first-order chi connectivity index (χ1) is 20.0. The number of carboxylic acids is 1. The van der Waals surface area contributed by atoms with Gasteiger partial charge in [-0.3, -0.25) is 5.32 Å². The molecule has 12 heteroatoms. The molecule has 0 spiro atoms. The summed E-state index contributed by atoms with van der Waals surface area (Å²) in [5.41, 5.74) is 4.17. The molecule has 1 aromatic carbocycles. The lowest BCUT2D eigenvalue weighted by atomic mass is 10.0. The number of carboxylic acid groups (broad SMARTS) is 1. The monoisotopic (exact) mass is 574 g/mol. The fraction of sp³-hybridized carbons (Fsp3) is 0.241. The van der Waals surface area contributed by atoms with E-state index in [1.54, 1.807) is 19.1 Å². The van der Waals surface area contributed by atoms with Crippen LogP contribution >= 0.6 is 11.3 Å². The van der Waals surface area contributed by atoms with Gasteiger partial charge in [0.05, 0.1) is 43.0 Å². The molecule has 5 rings (SSSR count). The summed E-state index contributed by atoms with van der Waals surface area (Å²) in [6, 6.07) is 15.1. The SMILES string of the molecule is CCOC(=O)Nc1cc(COc2nc(-c3ccc(N4CCOCC4)cc3)cc(-c3ccoc3)c2C#N)c(C(=O)O)s1. The van der Waals surface area contributed by atoms with E-state index in [2.05, 4.69) is 21.3 Å². The van der Waals surface area contributed by atoms with Gasteiger partial charge >= 0.3 is 12.1 Å². The number of nitrogens with zero attached hydrogens (tertiary/aromatic N) is 3. The smallest absolute Gasteiger partial charge is 0.412 e. The lowest BCUT2D eigenvalue weighted by Gasteiger charge is -2.28. The van der Waals surface area contributed by atoms with E-state index in [1.807, 2.05) is 24.3 Å². The Kier molecular flexibility index (Phi) is 8.47. The fourth-order valence-corrected chi connectivity index (χ4v) is 5.28. The minimum Gasteiger partial charge on any atom is -0.477 e. The van der Waals surface area contributed by atoms with Crippen molar-refractivity contribution in [1.29, 1.82) is 5.26 Å². The average Bonchev–Trinajstić information content (AvgIpc) is 3.67. The van der Waals surface area contributed by atoms with Crippen molar-refractivity contribution in [2.75, 3.05) is 43.1 Å². The quantitative estimate of drug-likeness (QED) is 0.258. The molecule has 0 atom stereocenters. The maximum Gasteiger partial charge on any atom is 0.412 e. The first-order valence-corrected chi connectivity index (χ1v) is 13.6. The second kappa shape index (κ2) is 12.5. The number of anilines is 2. The highest BCUT2D eigenvalue weighted by atomic mass is 32.1. The molecule has 2 N–H and O–H groups in total. The van der Waals surface area contributed by atoms with Gasteiger partial charge in [0.2, 0.25) is 5.88 Å². The van der Waals surface area contributed by atoms with Crippen LogP contribution in [0.2, 0.25) is 0 Å². The standard InChI is InChI=1S/C29H26N4O7S/c1-2-39-29(36)32-25-13-20(26(41-25)28(34)35)17-40-27-23(15-30)22(19-7-10-38-16-19)14-24(31-27)18-3-5-21(6-4-18)33-8-11-37-12-9-33/h3-7,10,13-14,16H,2,8-9,11-12,17H2,1H3,(H,32,36)(H,34,35). The summed E-state index contributed by atoms with van der Waals surface area (Å²) in [6.07, 6.45) is 2.35. The van der Waals surface area contributed by atoms with E-state index in [9.17, 15) is 20.0 Å². The van der Waals surface area contributed by atoms with Crippen LogP contribution in [0.1, 0.15) is 27.7 Å². The third-order valence-electron chi connectivity index (χ3n) is 6.34. The highest BCUT2D eigenvalue weighted by molar-refractivity contribution is 7.18. The van der Waals surface area contributed by atoms with Gasteiger partial charge < -0.3 is 28.6 Å². The Morgan fingerprint density at radius 2 is 1.95 bits per heavy atom. The molecule has 3 aromatic heterocycles. The number of rotatable bonds is 9. The molecular formula is C29H26N4O7S. The molecule has 1 aliphatic heterocycles. The number of carbonyl (C=O) groups excluding carboxylic acids is 1. The summed E-state index contributed by atoms with van der Waals surface area (Å²) < 4.78 is 21.6. The molecule has 11 nitrogen and oxygen atoms in total. The zero-order chi connectivity index (χ0) is 28.8. The molecule has 1 aliphatic rings. The third kappa shape index (κ3) is 6.32. The number of morpholine rings is 1. The van der Waals surface area contributed by atoms with Gasteiger partial charge in [0.1, 0.15) is 23.1 Å². The molecule has 4 heterocycles. The topological polar surface area (TPSA) is 147 Å². The molecule has 1 fully saturated rings. The van der Waals surface area contributed by atoms with Crippen molar-refractivity contribution in [3.8, 4) is 34.3 Å². The molecule has 0 bridgehead atoms. The van der Waals surface area contributed by atoms with Crippen molar-refractivity contribution in [2.24, 2.45) is 0 Å². The van der Waals surface area contributed by atoms with Crippen LogP contribution in [0.4, 0.5) is 15.5 Å². The number of benzene rings is 1. The number of furan rings is 1. The summed E-state index contributed by atoms with van der Waals surface area (Å²) in [4.78, 5) is 30.6. The maximum absolute atomic E-state index is 11.9. The van der Waals surface area contributed by atoms with E-state index in [0.717, 1.165) is 35.7 Å². The van der Waals surface area contributed by atoms with E-state index >= 15 is 0 Å². The Bertz CT molecular complexity index is 1570. The normalized spacial score (nSPS) is 12.9. The van der Waals surface area contributed by atoms with E-state index < -0.39 is 12.1 Å². The molecule has 1 saturated heterocycles. The Morgan fingerprint density at radius 3 is 2.61 bits per heavy atom. The van der Waals surface area contributed by atoms with Crippen LogP contribution < -0.4 is 15.0 Å². The van der Waals surface area contributed by atoms with Crippen LogP contribution in [0.3, 0.4) is 0 Å². The summed E-state index contributed by atoms with van der Waals surface area (Å²) >= 11 is 0.880. The zero-order valence-corrected chi connectivity index (χ0v) is 22.9. The molecule has 210 valence electrons. The largest absolute Gasteiger partial charge is 0.477 e. The molecule has 1 amide bonds. The third-order valence-corrected chi connectivity index (χ3v) is 7.42. The summed E-state index contributed by atoms with van der Waals surface area (Å²) in [6.45, 7) is 4.63. The van der Waals surface area contributed by atoms with Crippen molar-refractivity contribution in [3.63, 3.8) is 0 Å². The Hall–Kier alpha value is -4.86. The number of ether oxygens (including phenoxy) is 3. The van der Waals surface area contributed by atoms with Crippen molar-refractivity contribution >= 4 is 34.1 Å². The molecule has 41 heavy (non-hydrogen) atoms. The van der Waals surface area contributed by atoms with Crippen LogP contribution in [0.15, 0.2) is 59.4 Å². The average molecular weight is 575 g/mol. The highest BCUT2D eigenvalue weighted by Crippen LogP contribution is 2.35. The minimum atomic E-state index is -1.17. The molecule has 0 aliphatic carbocycles. The van der Waals surface area contributed by atoms with Crippen LogP contribution in [0.5, 0.6) is 5.88 Å². The number of nitrogens with one attached hydrogen (secondary N) is 1. The summed E-state index contributed by atoms with van der Waals surface area (Å²) in [5.74, 6) is -1.13. The Balaban J connectivity index is 1.47. The second-order valence-electron chi connectivity index (χ2n) is 8.91. The van der Waals surface area contributed by atoms with Gasteiger partial charge in [-0.15, -0.1) is 11.3 Å². The van der Waals surface area contributed by atoms with Gasteiger partial charge in [0, 0.05) is 41.0 Å². The number of pyridine rings is 1. The fourth-order valence-electron chi connectivity index (χ4n) is 4.38. The van der Waals surface area contributed by atoms with E-state index in [1.165, 1.54) is 18.6 Å². The number of thiophene rings is 1. The van der Waals surface area contributed by atoms with Crippen LogP contribution in [-0.2, 0) is 16.1 Å². The van der Waals surface area contributed by atoms with Crippen LogP contribution in [0, 0.1) is 11.3 Å². The highest BCUT2D eigenvalue weighted by Gasteiger charge is 2.21. The van der Waals surface area contributed by atoms with E-state index in [0.29, 0.717) is 40.6 Å². The summed E-state index contributed by atoms with van der Waals surface area (Å²) in [7, 11) is 0. The van der Waals surface area contributed by atoms with Crippen molar-refractivity contribution in [1.82, 2.24) is 4.98 Å². The van der Waals surface area contributed by atoms with Gasteiger partial charge in [-0.1, -0.05) is 12.1 Å². The molecule has 0 radical (unpaired) electrons. The zero-order valence-electron chi connectivity index (χ0n) is 22.1. The first-order valence-electron chi connectivity index (χ1n) is 12.8. The number of aromatic nitrogens is 1. The lowest BCUT2D eigenvalue weighted by Crippen LogP contribution is -2.36. The Morgan fingerprint density at radius 1 is 1.17 bits per heavy atom. The molecule has 4 aromatic rings. The van der Waals surface area contributed by atoms with E-state index in [-0.39, 0.29) is 29.5 Å². The maximum atomic E-state index is 11.9. The number of nitriles is 1. The van der Waals surface area contributed by atoms with Crippen molar-refractivity contribution < 1.29 is 33.3 Å². The Labute approximate surface area is 239 Å². The number of aromatic carboxylic acids is 1. The predicted molar refractivity (Wildman–Crippen MR) is 151 cm³/mol. The number of hydrogen-bond donors (Lipinski definition) is 2. The van der Waals surface area contributed by atoms with Gasteiger partial charge in [0.15, 0.2) is 0 Å². The van der Waals surface area contributed by atoms with Gasteiger partial charge in [0.25, 0.3) is 0 Å². The van der Waals surface area contributed by atoms with Crippen LogP contribution in [0.25, 0.3) is 22.4 Å². The first kappa shape index (κ1) is 27.7. The van der Waals surface area contributed by atoms with Gasteiger partial charge in [-0.25, -0.2) is 14.6 Å². The molecular weight excluding hydrogens is 548 g/mol. The summed E-state index contributed by atoms with van der Waals surface area (Å²) in [5, 5.41) is 22.6. The number of hydrogen-bond acceptors (Lipinski definition) is 10. The minimum absolute atomic E-state index is 0.0137. The van der Waals surface area contributed by atoms with Gasteiger partial charge in [-0.05, 0) is 37.3 Å². The predicted octanol–water partition coefficient (Wildman–Crippen LogP) is 5.62. The lowest BCUT2D eigenvalue weighted by molar-refractivity contribution is 0.0699. The number of amides is 1. The number of carbonyl (C=O) groups is 2.